The highest BCUT2D eigenvalue weighted by molar-refractivity contribution is 6.02. The molecule has 0 amide bonds. The van der Waals surface area contributed by atoms with Crippen molar-refractivity contribution in [2.45, 2.75) is 25.6 Å². The summed E-state index contributed by atoms with van der Waals surface area (Å²) in [6.45, 7) is 2.09. The van der Waals surface area contributed by atoms with Crippen LogP contribution in [0, 0.1) is 6.92 Å². The number of benzene rings is 3. The third kappa shape index (κ3) is 3.07. The summed E-state index contributed by atoms with van der Waals surface area (Å²) < 4.78 is 17.4. The molecule has 0 N–H and O–H groups in total. The SMILES string of the molecule is COc1ccc(C2=NN3[C@H](C2)c2cccc(OC)c2O[C@H]3c2ccc(C)cc2)cc1. The zero-order valence-corrected chi connectivity index (χ0v) is 17.3. The molecule has 0 bridgehead atoms. The Morgan fingerprint density at radius 1 is 0.933 bits per heavy atom. The van der Waals surface area contributed by atoms with Gasteiger partial charge >= 0.3 is 0 Å². The molecule has 0 fully saturated rings. The zero-order chi connectivity index (χ0) is 20.7. The number of ether oxygens (including phenoxy) is 3. The fourth-order valence-electron chi connectivity index (χ4n) is 4.15. The van der Waals surface area contributed by atoms with Crippen LogP contribution in [-0.2, 0) is 0 Å². The van der Waals surface area contributed by atoms with Crippen molar-refractivity contribution >= 4 is 5.71 Å². The Bertz CT molecular complexity index is 1090. The van der Waals surface area contributed by atoms with Gasteiger partial charge < -0.3 is 14.2 Å². The minimum Gasteiger partial charge on any atom is -0.497 e. The second kappa shape index (κ2) is 7.41. The maximum atomic E-state index is 6.49. The van der Waals surface area contributed by atoms with E-state index in [4.69, 9.17) is 19.3 Å². The zero-order valence-electron chi connectivity index (χ0n) is 17.3. The van der Waals surface area contributed by atoms with Gasteiger partial charge in [-0.2, -0.15) is 5.10 Å². The van der Waals surface area contributed by atoms with Crippen molar-refractivity contribution in [3.63, 3.8) is 0 Å². The molecule has 5 nitrogen and oxygen atoms in total. The van der Waals surface area contributed by atoms with Crippen LogP contribution in [0.3, 0.4) is 0 Å². The Kier molecular flexibility index (Phi) is 4.58. The molecule has 3 aromatic rings. The van der Waals surface area contributed by atoms with Gasteiger partial charge in [-0.1, -0.05) is 42.0 Å². The van der Waals surface area contributed by atoms with E-state index in [1.54, 1.807) is 14.2 Å². The molecule has 0 spiro atoms. The summed E-state index contributed by atoms with van der Waals surface area (Å²) >= 11 is 0. The van der Waals surface area contributed by atoms with E-state index in [1.165, 1.54) is 5.56 Å². The first-order chi connectivity index (χ1) is 14.7. The molecule has 0 aliphatic carbocycles. The van der Waals surface area contributed by atoms with Gasteiger partial charge in [-0.3, -0.25) is 0 Å². The van der Waals surface area contributed by atoms with Gasteiger partial charge in [0.2, 0.25) is 6.23 Å². The number of fused-ring (bicyclic) bond motifs is 3. The van der Waals surface area contributed by atoms with Crippen LogP contribution < -0.4 is 14.2 Å². The Labute approximate surface area is 176 Å². The summed E-state index contributed by atoms with van der Waals surface area (Å²) in [5, 5.41) is 7.10. The van der Waals surface area contributed by atoms with E-state index in [2.05, 4.69) is 54.4 Å². The number of methoxy groups -OCH3 is 2. The molecular weight excluding hydrogens is 376 g/mol. The van der Waals surface area contributed by atoms with Crippen LogP contribution in [0.4, 0.5) is 0 Å². The molecule has 152 valence electrons. The molecule has 0 radical (unpaired) electrons. The smallest absolute Gasteiger partial charge is 0.214 e. The highest BCUT2D eigenvalue weighted by Crippen LogP contribution is 2.50. The molecule has 0 unspecified atom stereocenters. The summed E-state index contributed by atoms with van der Waals surface area (Å²) in [6.07, 6.45) is 0.494. The Hall–Kier alpha value is -3.47. The molecule has 0 saturated carbocycles. The first kappa shape index (κ1) is 18.6. The highest BCUT2D eigenvalue weighted by atomic mass is 16.5. The predicted octanol–water partition coefficient (Wildman–Crippen LogP) is 5.25. The second-order valence-electron chi connectivity index (χ2n) is 7.63. The lowest BCUT2D eigenvalue weighted by Crippen LogP contribution is -2.33. The topological polar surface area (TPSA) is 43.3 Å². The van der Waals surface area contributed by atoms with Crippen LogP contribution in [0.1, 0.15) is 40.9 Å². The minimum absolute atomic E-state index is 0.0901. The number of rotatable bonds is 4. The molecule has 2 aliphatic heterocycles. The summed E-state index contributed by atoms with van der Waals surface area (Å²) in [6, 6.07) is 22.6. The van der Waals surface area contributed by atoms with E-state index >= 15 is 0 Å². The summed E-state index contributed by atoms with van der Waals surface area (Å²) in [5.41, 5.74) is 5.52. The molecule has 2 aliphatic rings. The first-order valence-electron chi connectivity index (χ1n) is 10.1. The number of hydrogen-bond donors (Lipinski definition) is 0. The van der Waals surface area contributed by atoms with Crippen LogP contribution in [0.5, 0.6) is 17.2 Å². The molecule has 2 heterocycles. The predicted molar refractivity (Wildman–Crippen MR) is 116 cm³/mol. The van der Waals surface area contributed by atoms with Crippen molar-refractivity contribution in [1.29, 1.82) is 0 Å². The Morgan fingerprint density at radius 2 is 1.70 bits per heavy atom. The van der Waals surface area contributed by atoms with Crippen molar-refractivity contribution in [1.82, 2.24) is 5.01 Å². The lowest BCUT2D eigenvalue weighted by atomic mass is 9.95. The highest BCUT2D eigenvalue weighted by Gasteiger charge is 2.42. The summed E-state index contributed by atoms with van der Waals surface area (Å²) in [7, 11) is 3.36. The fraction of sp³-hybridized carbons (Fsp3) is 0.240. The van der Waals surface area contributed by atoms with Crippen molar-refractivity contribution in [3.8, 4) is 17.2 Å². The largest absolute Gasteiger partial charge is 0.497 e. The van der Waals surface area contributed by atoms with E-state index in [-0.39, 0.29) is 12.3 Å². The number of para-hydroxylation sites is 1. The van der Waals surface area contributed by atoms with Gasteiger partial charge in [0, 0.05) is 17.5 Å². The molecule has 0 aromatic heterocycles. The minimum atomic E-state index is -0.310. The lowest BCUT2D eigenvalue weighted by Gasteiger charge is -2.38. The molecular formula is C25H24N2O3. The van der Waals surface area contributed by atoms with E-state index in [0.29, 0.717) is 0 Å². The Balaban J connectivity index is 1.59. The van der Waals surface area contributed by atoms with Crippen LogP contribution in [0.25, 0.3) is 0 Å². The molecule has 0 saturated heterocycles. The van der Waals surface area contributed by atoms with Crippen molar-refractivity contribution in [2.24, 2.45) is 5.10 Å². The summed E-state index contributed by atoms with van der Waals surface area (Å²) in [5.74, 6) is 2.39. The van der Waals surface area contributed by atoms with Gasteiger partial charge in [0.15, 0.2) is 11.5 Å². The average molecular weight is 400 g/mol. The van der Waals surface area contributed by atoms with Crippen molar-refractivity contribution in [3.05, 3.63) is 89.0 Å². The number of nitrogens with zero attached hydrogens (tertiary/aromatic N) is 2. The van der Waals surface area contributed by atoms with E-state index in [9.17, 15) is 0 Å². The fourth-order valence-corrected chi connectivity index (χ4v) is 4.15. The molecule has 30 heavy (non-hydrogen) atoms. The number of hydrogen-bond acceptors (Lipinski definition) is 5. The lowest BCUT2D eigenvalue weighted by molar-refractivity contribution is -0.0209. The average Bonchev–Trinajstić information content (AvgIpc) is 3.24. The first-order valence-corrected chi connectivity index (χ1v) is 10.1. The van der Waals surface area contributed by atoms with Crippen LogP contribution in [0.15, 0.2) is 71.8 Å². The van der Waals surface area contributed by atoms with Crippen LogP contribution in [0.2, 0.25) is 0 Å². The van der Waals surface area contributed by atoms with Crippen LogP contribution >= 0.6 is 0 Å². The Morgan fingerprint density at radius 3 is 2.40 bits per heavy atom. The van der Waals surface area contributed by atoms with Crippen molar-refractivity contribution in [2.75, 3.05) is 14.2 Å². The van der Waals surface area contributed by atoms with E-state index in [1.807, 2.05) is 24.3 Å². The summed E-state index contributed by atoms with van der Waals surface area (Å²) in [4.78, 5) is 0. The number of aryl methyl sites for hydroxylation is 1. The molecule has 2 atom stereocenters. The quantitative estimate of drug-likeness (QED) is 0.600. The van der Waals surface area contributed by atoms with Gasteiger partial charge in [0.25, 0.3) is 0 Å². The third-order valence-electron chi connectivity index (χ3n) is 5.79. The van der Waals surface area contributed by atoms with Gasteiger partial charge in [-0.25, -0.2) is 5.01 Å². The standard InChI is InChI=1S/C25H24N2O3/c1-16-7-9-18(10-8-16)25-27-22(20-5-4-6-23(29-3)24(20)30-25)15-21(26-27)17-11-13-19(28-2)14-12-17/h4-14,22,25H,15H2,1-3H3/t22-,25+/m1/s1. The number of hydrazone groups is 1. The monoisotopic (exact) mass is 400 g/mol. The normalized spacial score (nSPS) is 19.4. The molecule has 3 aromatic carbocycles. The van der Waals surface area contributed by atoms with Gasteiger partial charge in [0.1, 0.15) is 5.75 Å². The van der Waals surface area contributed by atoms with Crippen molar-refractivity contribution < 1.29 is 14.2 Å². The second-order valence-corrected chi connectivity index (χ2v) is 7.63. The van der Waals surface area contributed by atoms with Gasteiger partial charge in [0.05, 0.1) is 26.0 Å². The van der Waals surface area contributed by atoms with Gasteiger partial charge in [-0.15, -0.1) is 0 Å². The van der Waals surface area contributed by atoms with Gasteiger partial charge in [-0.05, 0) is 42.8 Å². The third-order valence-corrected chi connectivity index (χ3v) is 5.79. The van der Waals surface area contributed by atoms with E-state index in [0.717, 1.165) is 46.1 Å². The van der Waals surface area contributed by atoms with Crippen LogP contribution in [-0.4, -0.2) is 24.9 Å². The van der Waals surface area contributed by atoms with E-state index < -0.39 is 0 Å². The molecule has 5 heteroatoms. The molecule has 5 rings (SSSR count). The maximum Gasteiger partial charge on any atom is 0.214 e. The maximum absolute atomic E-state index is 6.49.